The monoisotopic (exact) mass is 244 g/mol. The lowest BCUT2D eigenvalue weighted by Crippen LogP contribution is -2.24. The summed E-state index contributed by atoms with van der Waals surface area (Å²) in [5, 5.41) is 6.39. The number of aromatic nitrogens is 2. The van der Waals surface area contributed by atoms with Crippen LogP contribution in [0.3, 0.4) is 0 Å². The molecule has 16 heavy (non-hydrogen) atoms. The van der Waals surface area contributed by atoms with Crippen LogP contribution in [0.25, 0.3) is 0 Å². The Morgan fingerprint density at radius 1 is 1.44 bits per heavy atom. The second-order valence-corrected chi connectivity index (χ2v) is 8.17. The minimum atomic E-state index is -2.41. The zero-order valence-corrected chi connectivity index (χ0v) is 11.1. The van der Waals surface area contributed by atoms with E-state index in [-0.39, 0.29) is 5.69 Å². The van der Waals surface area contributed by atoms with Gasteiger partial charge in [0.2, 0.25) is 0 Å². The van der Waals surface area contributed by atoms with Gasteiger partial charge >= 0.3 is 5.97 Å². The van der Waals surface area contributed by atoms with Gasteiger partial charge in [0.05, 0.1) is 5.44 Å². The average molecular weight is 244 g/mol. The van der Waals surface area contributed by atoms with Crippen LogP contribution in [0.5, 0.6) is 0 Å². The van der Waals surface area contributed by atoms with Crippen molar-refractivity contribution in [3.63, 3.8) is 0 Å². The Bertz CT molecular complexity index is 439. The zero-order valence-electron chi connectivity index (χ0n) is 10.2. The van der Waals surface area contributed by atoms with E-state index in [1.807, 2.05) is 0 Å². The second kappa shape index (κ2) is 4.06. The molecule has 90 valence electrons. The van der Waals surface area contributed by atoms with E-state index in [0.717, 1.165) is 0 Å². The molecule has 5 nitrogen and oxygen atoms in total. The third-order valence-corrected chi connectivity index (χ3v) is 3.14. The molecule has 0 spiro atoms. The Labute approximate surface area is 94.9 Å². The van der Waals surface area contributed by atoms with Crippen molar-refractivity contribution in [2.75, 3.05) is 13.3 Å². The molecule has 1 aromatic rings. The maximum Gasteiger partial charge on any atom is 0.359 e. The number of aromatic amines is 1. The summed E-state index contributed by atoms with van der Waals surface area (Å²) >= 11 is 0. The molecule has 1 N–H and O–H groups in total. The first-order chi connectivity index (χ1) is 7.09. The fourth-order valence-electron chi connectivity index (χ4n) is 1.02. The fourth-order valence-corrected chi connectivity index (χ4v) is 1.75. The molecule has 0 aromatic carbocycles. The van der Waals surface area contributed by atoms with Crippen molar-refractivity contribution in [2.45, 2.75) is 26.4 Å². The number of hydrogen-bond acceptors (Lipinski definition) is 4. The number of nitrogens with zero attached hydrogens (tertiary/aromatic N) is 1. The summed E-state index contributed by atoms with van der Waals surface area (Å²) in [5.74, 6) is -0.511. The van der Waals surface area contributed by atoms with Crippen LogP contribution in [0.15, 0.2) is 6.07 Å². The zero-order chi connectivity index (χ0) is 12.6. The molecular weight excluding hydrogens is 227 g/mol. The third kappa shape index (κ3) is 3.49. The molecule has 0 atom stereocenters. The summed E-state index contributed by atoms with van der Waals surface area (Å²) in [4.78, 5) is 11.6. The molecule has 1 aromatic heterocycles. The van der Waals surface area contributed by atoms with E-state index in [4.69, 9.17) is 4.74 Å². The molecule has 0 fully saturated rings. The molecule has 0 aliphatic rings. The highest BCUT2D eigenvalue weighted by atomic mass is 31.2. The van der Waals surface area contributed by atoms with Crippen molar-refractivity contribution in [1.29, 1.82) is 0 Å². The lowest BCUT2D eigenvalue weighted by Gasteiger charge is -2.18. The summed E-state index contributed by atoms with van der Waals surface area (Å²) in [5.41, 5.74) is 0.0837. The molecule has 0 unspecified atom stereocenters. The van der Waals surface area contributed by atoms with Crippen LogP contribution >= 0.6 is 7.14 Å². The molecule has 1 rings (SSSR count). The lowest BCUT2D eigenvalue weighted by molar-refractivity contribution is 0.00628. The van der Waals surface area contributed by atoms with Crippen LogP contribution in [0, 0.1) is 0 Å². The highest BCUT2D eigenvalue weighted by molar-refractivity contribution is 7.69. The van der Waals surface area contributed by atoms with E-state index in [9.17, 15) is 9.36 Å². The summed E-state index contributed by atoms with van der Waals surface area (Å²) < 4.78 is 16.9. The van der Waals surface area contributed by atoms with Gasteiger partial charge in [0, 0.05) is 6.07 Å². The van der Waals surface area contributed by atoms with Gasteiger partial charge in [-0.3, -0.25) is 5.10 Å². The molecule has 6 heteroatoms. The van der Waals surface area contributed by atoms with Crippen molar-refractivity contribution in [3.05, 3.63) is 11.8 Å². The van der Waals surface area contributed by atoms with E-state index < -0.39 is 18.7 Å². The molecule has 0 aliphatic carbocycles. The lowest BCUT2D eigenvalue weighted by atomic mass is 10.2. The van der Waals surface area contributed by atoms with Gasteiger partial charge in [-0.1, -0.05) is 0 Å². The Morgan fingerprint density at radius 3 is 2.38 bits per heavy atom. The molecule has 1 heterocycles. The molecule has 0 bridgehead atoms. The first kappa shape index (κ1) is 13.0. The van der Waals surface area contributed by atoms with Gasteiger partial charge in [-0.2, -0.15) is 5.10 Å². The Balaban J connectivity index is 2.87. The predicted octanol–water partition coefficient (Wildman–Crippen LogP) is 1.61. The van der Waals surface area contributed by atoms with Gasteiger partial charge in [-0.05, 0) is 34.1 Å². The van der Waals surface area contributed by atoms with E-state index >= 15 is 0 Å². The number of rotatable bonds is 2. The number of esters is 1. The van der Waals surface area contributed by atoms with Crippen molar-refractivity contribution >= 4 is 18.5 Å². The Hall–Kier alpha value is -1.09. The van der Waals surface area contributed by atoms with Crippen LogP contribution in [0.1, 0.15) is 31.3 Å². The van der Waals surface area contributed by atoms with E-state index in [1.165, 1.54) is 6.07 Å². The number of nitrogens with one attached hydrogen (secondary N) is 1. The van der Waals surface area contributed by atoms with Gasteiger partial charge < -0.3 is 9.30 Å². The first-order valence-electron chi connectivity index (χ1n) is 4.94. The van der Waals surface area contributed by atoms with Gasteiger partial charge in [0.15, 0.2) is 5.69 Å². The number of hydrogen-bond donors (Lipinski definition) is 1. The Kier molecular flexibility index (Phi) is 3.29. The number of carbonyl (C=O) groups is 1. The number of ether oxygens (including phenoxy) is 1. The average Bonchev–Trinajstić information content (AvgIpc) is 2.46. The van der Waals surface area contributed by atoms with Crippen molar-refractivity contribution in [2.24, 2.45) is 0 Å². The highest BCUT2D eigenvalue weighted by Crippen LogP contribution is 2.33. The third-order valence-electron chi connectivity index (χ3n) is 1.75. The van der Waals surface area contributed by atoms with E-state index in [2.05, 4.69) is 10.2 Å². The van der Waals surface area contributed by atoms with Crippen LogP contribution < -0.4 is 5.44 Å². The fraction of sp³-hybridized carbons (Fsp3) is 0.600. The maximum atomic E-state index is 11.7. The van der Waals surface area contributed by atoms with E-state index in [0.29, 0.717) is 5.44 Å². The Morgan fingerprint density at radius 2 is 2.00 bits per heavy atom. The molecule has 0 saturated heterocycles. The van der Waals surface area contributed by atoms with Gasteiger partial charge in [-0.15, -0.1) is 0 Å². The van der Waals surface area contributed by atoms with Crippen LogP contribution in [0.2, 0.25) is 0 Å². The van der Waals surface area contributed by atoms with Crippen molar-refractivity contribution in [1.82, 2.24) is 10.2 Å². The van der Waals surface area contributed by atoms with Crippen molar-refractivity contribution < 1.29 is 14.1 Å². The summed E-state index contributed by atoms with van der Waals surface area (Å²) in [6.07, 6.45) is 0. The number of H-pyrrole nitrogens is 1. The van der Waals surface area contributed by atoms with Gasteiger partial charge in [0.1, 0.15) is 12.7 Å². The number of carbonyl (C=O) groups excluding carboxylic acids is 1. The first-order valence-corrected chi connectivity index (χ1v) is 7.54. The van der Waals surface area contributed by atoms with Gasteiger partial charge in [0.25, 0.3) is 0 Å². The predicted molar refractivity (Wildman–Crippen MR) is 62.8 cm³/mol. The quantitative estimate of drug-likeness (QED) is 0.633. The maximum absolute atomic E-state index is 11.7. The van der Waals surface area contributed by atoms with Crippen molar-refractivity contribution in [3.8, 4) is 0 Å². The van der Waals surface area contributed by atoms with Gasteiger partial charge in [-0.25, -0.2) is 4.79 Å². The van der Waals surface area contributed by atoms with E-state index in [1.54, 1.807) is 34.1 Å². The summed E-state index contributed by atoms with van der Waals surface area (Å²) in [6, 6.07) is 1.48. The molecule has 0 amide bonds. The summed E-state index contributed by atoms with van der Waals surface area (Å²) in [7, 11) is -2.41. The normalized spacial score (nSPS) is 12.6. The largest absolute Gasteiger partial charge is 0.455 e. The molecule has 0 radical (unpaired) electrons. The minimum absolute atomic E-state index is 0.161. The topological polar surface area (TPSA) is 72.1 Å². The second-order valence-electron chi connectivity index (χ2n) is 4.99. The SMILES string of the molecule is CC(C)(C)OC(=O)c1cc(P(C)(C)=O)[nH]n1. The minimum Gasteiger partial charge on any atom is -0.455 e. The van der Waals surface area contributed by atoms with Crippen LogP contribution in [-0.2, 0) is 9.30 Å². The van der Waals surface area contributed by atoms with Crippen LogP contribution in [0.4, 0.5) is 0 Å². The standard InChI is InChI=1S/C10H17N2O3P/c1-10(2,3)15-9(13)7-6-8(12-11-7)16(4,5)14/h6H,1-5H3,(H,11,12). The summed E-state index contributed by atoms with van der Waals surface area (Å²) in [6.45, 7) is 8.56. The highest BCUT2D eigenvalue weighted by Gasteiger charge is 2.22. The molecule has 0 saturated carbocycles. The van der Waals surface area contributed by atoms with Crippen LogP contribution in [-0.4, -0.2) is 35.1 Å². The molecular formula is C10H17N2O3P. The smallest absolute Gasteiger partial charge is 0.359 e. The molecule has 0 aliphatic heterocycles.